The molecule has 1 amide bonds. The lowest BCUT2D eigenvalue weighted by Gasteiger charge is -2.24. The molecule has 0 atom stereocenters. The van der Waals surface area contributed by atoms with Gasteiger partial charge < -0.3 is 19.1 Å². The van der Waals surface area contributed by atoms with Crippen LogP contribution in [0.15, 0.2) is 90.0 Å². The largest absolute Gasteiger partial charge is 0.497 e. The number of hydrogen-bond acceptors (Lipinski definition) is 8. The first-order chi connectivity index (χ1) is 21.2. The molecule has 4 rings (SSSR count). The molecule has 0 aliphatic heterocycles. The molecule has 10 heteroatoms. The lowest BCUT2D eigenvalue weighted by molar-refractivity contribution is -0.116. The standard InChI is InChI=1S/C32H34N2O7S.C2H6/c1-23-8-12-27(13-9-23)41-32-30(7-5-18-33-32)34(25(3)35)22-26-21-28(38-4)14-17-31(26)39-19-6-20-40-42(36,37)29-15-10-24(2)11-16-29;1-2/h5,7-18,21H,6,19-20,22H2,1-4H3;1-2H3. The van der Waals surface area contributed by atoms with Gasteiger partial charge in [-0.25, -0.2) is 4.98 Å². The molecule has 9 nitrogen and oxygen atoms in total. The van der Waals surface area contributed by atoms with E-state index in [0.717, 1.165) is 11.1 Å². The average Bonchev–Trinajstić information content (AvgIpc) is 3.02. The van der Waals surface area contributed by atoms with E-state index in [9.17, 15) is 13.2 Å². The molecular weight excluding hydrogens is 580 g/mol. The highest BCUT2D eigenvalue weighted by atomic mass is 32.2. The second-order valence-corrected chi connectivity index (χ2v) is 11.2. The first-order valence-electron chi connectivity index (χ1n) is 14.4. The Kier molecular flexibility index (Phi) is 12.7. The smallest absolute Gasteiger partial charge is 0.296 e. The predicted octanol–water partition coefficient (Wildman–Crippen LogP) is 7.25. The fourth-order valence-electron chi connectivity index (χ4n) is 4.05. The maximum absolute atomic E-state index is 12.9. The van der Waals surface area contributed by atoms with Crippen LogP contribution in [0.4, 0.5) is 5.69 Å². The maximum Gasteiger partial charge on any atom is 0.296 e. The number of benzene rings is 3. The van der Waals surface area contributed by atoms with Crippen molar-refractivity contribution in [2.45, 2.75) is 52.5 Å². The Hall–Kier alpha value is -4.41. The molecular formula is C34H40N2O7S. The van der Waals surface area contributed by atoms with E-state index in [0.29, 0.717) is 34.9 Å². The van der Waals surface area contributed by atoms with E-state index in [1.54, 1.807) is 60.7 Å². The molecule has 0 saturated heterocycles. The molecule has 0 aliphatic rings. The van der Waals surface area contributed by atoms with Crippen LogP contribution in [-0.2, 0) is 25.6 Å². The molecule has 4 aromatic rings. The van der Waals surface area contributed by atoms with E-state index >= 15 is 0 Å². The summed E-state index contributed by atoms with van der Waals surface area (Å²) in [6.07, 6.45) is 1.93. The van der Waals surface area contributed by atoms with Crippen molar-refractivity contribution in [2.75, 3.05) is 25.2 Å². The zero-order valence-electron chi connectivity index (χ0n) is 26.1. The SMILES string of the molecule is CC.COc1ccc(OCCCOS(=O)(=O)c2ccc(C)cc2)c(CN(C(C)=O)c2cccnc2Oc2ccc(C)cc2)c1. The van der Waals surface area contributed by atoms with E-state index < -0.39 is 10.1 Å². The van der Waals surface area contributed by atoms with Crippen molar-refractivity contribution in [3.05, 3.63) is 102 Å². The highest BCUT2D eigenvalue weighted by Gasteiger charge is 2.21. The van der Waals surface area contributed by atoms with Crippen molar-refractivity contribution in [3.8, 4) is 23.1 Å². The summed E-state index contributed by atoms with van der Waals surface area (Å²) in [5.74, 6) is 1.78. The summed E-state index contributed by atoms with van der Waals surface area (Å²) in [4.78, 5) is 18.9. The zero-order chi connectivity index (χ0) is 32.1. The number of ether oxygens (including phenoxy) is 3. The zero-order valence-corrected chi connectivity index (χ0v) is 26.9. The van der Waals surface area contributed by atoms with Crippen molar-refractivity contribution >= 4 is 21.7 Å². The van der Waals surface area contributed by atoms with E-state index in [2.05, 4.69) is 4.98 Å². The Balaban J connectivity index is 0.00000259. The van der Waals surface area contributed by atoms with Gasteiger partial charge in [-0.15, -0.1) is 0 Å². The summed E-state index contributed by atoms with van der Waals surface area (Å²) in [6.45, 7) is 9.63. The van der Waals surface area contributed by atoms with Crippen molar-refractivity contribution in [2.24, 2.45) is 0 Å². The number of rotatable bonds is 13. The molecule has 0 fully saturated rings. The lowest BCUT2D eigenvalue weighted by atomic mass is 10.1. The molecule has 0 saturated carbocycles. The van der Waals surface area contributed by atoms with Crippen LogP contribution in [0, 0.1) is 13.8 Å². The number of aromatic nitrogens is 1. The molecule has 0 bridgehead atoms. The van der Waals surface area contributed by atoms with Crippen molar-refractivity contribution in [1.82, 2.24) is 4.98 Å². The van der Waals surface area contributed by atoms with Gasteiger partial charge in [-0.1, -0.05) is 49.2 Å². The fourth-order valence-corrected chi connectivity index (χ4v) is 4.99. The van der Waals surface area contributed by atoms with Gasteiger partial charge in [-0.2, -0.15) is 8.42 Å². The Morgan fingerprint density at radius 3 is 2.14 bits per heavy atom. The minimum absolute atomic E-state index is 0.0450. The Morgan fingerprint density at radius 2 is 1.50 bits per heavy atom. The highest BCUT2D eigenvalue weighted by Crippen LogP contribution is 2.33. The molecule has 0 unspecified atom stereocenters. The van der Waals surface area contributed by atoms with Gasteiger partial charge in [0.2, 0.25) is 11.8 Å². The summed E-state index contributed by atoms with van der Waals surface area (Å²) >= 11 is 0. The van der Waals surface area contributed by atoms with Crippen molar-refractivity contribution in [1.29, 1.82) is 0 Å². The summed E-state index contributed by atoms with van der Waals surface area (Å²) < 4.78 is 47.5. The minimum atomic E-state index is -3.86. The van der Waals surface area contributed by atoms with Crippen LogP contribution >= 0.6 is 0 Å². The second kappa shape index (κ2) is 16.4. The number of aryl methyl sites for hydroxylation is 2. The van der Waals surface area contributed by atoms with Crippen LogP contribution in [-0.4, -0.2) is 39.6 Å². The van der Waals surface area contributed by atoms with Gasteiger partial charge in [0.15, 0.2) is 0 Å². The minimum Gasteiger partial charge on any atom is -0.497 e. The third kappa shape index (κ3) is 9.55. The Labute approximate surface area is 260 Å². The Bertz CT molecular complexity index is 1610. The van der Waals surface area contributed by atoms with Gasteiger partial charge in [-0.05, 0) is 68.4 Å². The van der Waals surface area contributed by atoms with Gasteiger partial charge in [0.25, 0.3) is 10.1 Å². The second-order valence-electron chi connectivity index (χ2n) is 9.61. The molecule has 0 N–H and O–H groups in total. The third-order valence-electron chi connectivity index (χ3n) is 6.35. The van der Waals surface area contributed by atoms with Crippen LogP contribution in [0.3, 0.4) is 0 Å². The molecule has 44 heavy (non-hydrogen) atoms. The number of amides is 1. The lowest BCUT2D eigenvalue weighted by Crippen LogP contribution is -2.28. The average molecular weight is 621 g/mol. The molecule has 1 aromatic heterocycles. The van der Waals surface area contributed by atoms with Gasteiger partial charge in [0.1, 0.15) is 22.9 Å². The molecule has 3 aromatic carbocycles. The normalized spacial score (nSPS) is 10.8. The van der Waals surface area contributed by atoms with Crippen LogP contribution in [0.1, 0.15) is 43.9 Å². The fraction of sp³-hybridized carbons (Fsp3) is 0.294. The topological polar surface area (TPSA) is 104 Å². The molecule has 1 heterocycles. The van der Waals surface area contributed by atoms with E-state index in [4.69, 9.17) is 18.4 Å². The van der Waals surface area contributed by atoms with E-state index in [1.807, 2.05) is 52.0 Å². The van der Waals surface area contributed by atoms with Gasteiger partial charge >= 0.3 is 0 Å². The quantitative estimate of drug-likeness (QED) is 0.114. The van der Waals surface area contributed by atoms with E-state index in [1.165, 1.54) is 19.1 Å². The first kappa shape index (κ1) is 34.1. The van der Waals surface area contributed by atoms with Crippen LogP contribution in [0.25, 0.3) is 0 Å². The van der Waals surface area contributed by atoms with Crippen molar-refractivity contribution in [3.63, 3.8) is 0 Å². The number of methoxy groups -OCH3 is 1. The summed E-state index contributed by atoms with van der Waals surface area (Å²) in [6, 6.07) is 22.8. The molecule has 234 valence electrons. The number of nitrogens with zero attached hydrogens (tertiary/aromatic N) is 2. The van der Waals surface area contributed by atoms with Crippen LogP contribution in [0.2, 0.25) is 0 Å². The Morgan fingerprint density at radius 1 is 0.864 bits per heavy atom. The van der Waals surface area contributed by atoms with Crippen LogP contribution in [0.5, 0.6) is 23.1 Å². The predicted molar refractivity (Wildman–Crippen MR) is 171 cm³/mol. The third-order valence-corrected chi connectivity index (χ3v) is 7.67. The van der Waals surface area contributed by atoms with Gasteiger partial charge in [0, 0.05) is 25.1 Å². The van der Waals surface area contributed by atoms with Gasteiger partial charge in [-0.3, -0.25) is 8.98 Å². The molecule has 0 radical (unpaired) electrons. The summed E-state index contributed by atoms with van der Waals surface area (Å²) in [7, 11) is -2.30. The maximum atomic E-state index is 12.9. The van der Waals surface area contributed by atoms with Gasteiger partial charge in [0.05, 0.1) is 31.8 Å². The number of carbonyl (C=O) groups excluding carboxylic acids is 1. The monoisotopic (exact) mass is 620 g/mol. The summed E-state index contributed by atoms with van der Waals surface area (Å²) in [5, 5.41) is 0. The first-order valence-corrected chi connectivity index (χ1v) is 15.8. The van der Waals surface area contributed by atoms with Crippen LogP contribution < -0.4 is 19.1 Å². The molecule has 0 spiro atoms. The summed E-state index contributed by atoms with van der Waals surface area (Å²) in [5.41, 5.74) is 3.23. The molecule has 0 aliphatic carbocycles. The number of anilines is 1. The number of pyridine rings is 1. The van der Waals surface area contributed by atoms with Crippen molar-refractivity contribution < 1.29 is 31.6 Å². The highest BCUT2D eigenvalue weighted by molar-refractivity contribution is 7.86. The van der Waals surface area contributed by atoms with E-state index in [-0.39, 0.29) is 36.4 Å². The number of carbonyl (C=O) groups is 1. The number of hydrogen-bond donors (Lipinski definition) is 0.